The molecule has 2 aromatic rings. The van der Waals surface area contributed by atoms with Crippen LogP contribution in [0.1, 0.15) is 40.1 Å². The van der Waals surface area contributed by atoms with E-state index in [1.54, 1.807) is 24.3 Å². The summed E-state index contributed by atoms with van der Waals surface area (Å²) >= 11 is 0. The summed E-state index contributed by atoms with van der Waals surface area (Å²) in [4.78, 5) is 24.4. The van der Waals surface area contributed by atoms with Crippen LogP contribution in [0.3, 0.4) is 0 Å². The fourth-order valence-electron chi connectivity index (χ4n) is 2.48. The van der Waals surface area contributed by atoms with Crippen LogP contribution < -0.4 is 20.1 Å². The maximum absolute atomic E-state index is 12.4. The Balaban J connectivity index is 1.64. The van der Waals surface area contributed by atoms with E-state index >= 15 is 0 Å². The lowest BCUT2D eigenvalue weighted by Crippen LogP contribution is -2.30. The summed E-state index contributed by atoms with van der Waals surface area (Å²) in [5.41, 5.74) is 1.81. The van der Waals surface area contributed by atoms with E-state index in [4.69, 9.17) is 9.47 Å². The fraction of sp³-hybridized carbons (Fsp3) is 0.263. The SMILES string of the molecule is CC(C)NC(=O)c1cccc(C(=O)NCc2ccc3c(c2)OCO3)c1. The molecule has 0 atom stereocenters. The molecule has 1 aliphatic rings. The second-order valence-corrected chi connectivity index (χ2v) is 6.08. The van der Waals surface area contributed by atoms with Gasteiger partial charge in [-0.25, -0.2) is 0 Å². The average molecular weight is 340 g/mol. The molecule has 3 rings (SSSR count). The van der Waals surface area contributed by atoms with E-state index in [2.05, 4.69) is 10.6 Å². The van der Waals surface area contributed by atoms with Gasteiger partial charge in [0.25, 0.3) is 11.8 Å². The van der Waals surface area contributed by atoms with Crippen LogP contribution in [0.2, 0.25) is 0 Å². The molecule has 0 saturated heterocycles. The number of hydrogen-bond acceptors (Lipinski definition) is 4. The first-order valence-electron chi connectivity index (χ1n) is 8.10. The van der Waals surface area contributed by atoms with Crippen molar-refractivity contribution in [3.63, 3.8) is 0 Å². The van der Waals surface area contributed by atoms with E-state index in [0.717, 1.165) is 5.56 Å². The number of nitrogens with one attached hydrogen (secondary N) is 2. The molecule has 0 fully saturated rings. The molecule has 2 N–H and O–H groups in total. The highest BCUT2D eigenvalue weighted by atomic mass is 16.7. The highest BCUT2D eigenvalue weighted by Gasteiger charge is 2.14. The monoisotopic (exact) mass is 340 g/mol. The summed E-state index contributed by atoms with van der Waals surface area (Å²) in [7, 11) is 0. The minimum Gasteiger partial charge on any atom is -0.454 e. The van der Waals surface area contributed by atoms with Gasteiger partial charge >= 0.3 is 0 Å². The standard InChI is InChI=1S/C19H20N2O4/c1-12(2)21-19(23)15-5-3-4-14(9-15)18(22)20-10-13-6-7-16-17(8-13)25-11-24-16/h3-9,12H,10-11H2,1-2H3,(H,20,22)(H,21,23). The fourth-order valence-corrected chi connectivity index (χ4v) is 2.48. The van der Waals surface area contributed by atoms with Crippen LogP contribution in [0.25, 0.3) is 0 Å². The molecule has 130 valence electrons. The molecule has 0 aliphatic carbocycles. The maximum atomic E-state index is 12.4. The van der Waals surface area contributed by atoms with E-state index in [1.165, 1.54) is 0 Å². The number of amides is 2. The quantitative estimate of drug-likeness (QED) is 0.877. The van der Waals surface area contributed by atoms with Gasteiger partial charge in [-0.2, -0.15) is 0 Å². The predicted molar refractivity (Wildman–Crippen MR) is 92.8 cm³/mol. The maximum Gasteiger partial charge on any atom is 0.251 e. The zero-order chi connectivity index (χ0) is 17.8. The van der Waals surface area contributed by atoms with Crippen LogP contribution in [0.15, 0.2) is 42.5 Å². The average Bonchev–Trinajstić information content (AvgIpc) is 3.07. The van der Waals surface area contributed by atoms with Gasteiger partial charge in [0.15, 0.2) is 11.5 Å². The molecule has 0 spiro atoms. The Bertz CT molecular complexity index is 802. The van der Waals surface area contributed by atoms with Crippen LogP contribution in [0.5, 0.6) is 11.5 Å². The molecule has 1 heterocycles. The van der Waals surface area contributed by atoms with Crippen LogP contribution in [0.4, 0.5) is 0 Å². The summed E-state index contributed by atoms with van der Waals surface area (Å²) in [5.74, 6) is 0.954. The Labute approximate surface area is 146 Å². The van der Waals surface area contributed by atoms with Crippen LogP contribution in [-0.2, 0) is 6.54 Å². The van der Waals surface area contributed by atoms with E-state index in [0.29, 0.717) is 29.2 Å². The first-order valence-corrected chi connectivity index (χ1v) is 8.10. The van der Waals surface area contributed by atoms with Gasteiger partial charge in [-0.3, -0.25) is 9.59 Å². The van der Waals surface area contributed by atoms with Crippen LogP contribution in [0, 0.1) is 0 Å². The van der Waals surface area contributed by atoms with E-state index in [-0.39, 0.29) is 24.6 Å². The second-order valence-electron chi connectivity index (χ2n) is 6.08. The largest absolute Gasteiger partial charge is 0.454 e. The third-order valence-corrected chi connectivity index (χ3v) is 3.70. The van der Waals surface area contributed by atoms with Crippen molar-refractivity contribution >= 4 is 11.8 Å². The zero-order valence-electron chi connectivity index (χ0n) is 14.2. The van der Waals surface area contributed by atoms with Crippen LogP contribution >= 0.6 is 0 Å². The van der Waals surface area contributed by atoms with Crippen molar-refractivity contribution in [2.24, 2.45) is 0 Å². The number of benzene rings is 2. The minimum absolute atomic E-state index is 0.0380. The molecule has 0 unspecified atom stereocenters. The Morgan fingerprint density at radius 2 is 1.72 bits per heavy atom. The highest BCUT2D eigenvalue weighted by molar-refractivity contribution is 5.99. The van der Waals surface area contributed by atoms with Gasteiger partial charge in [-0.1, -0.05) is 12.1 Å². The second kappa shape index (κ2) is 7.25. The number of carbonyl (C=O) groups excluding carboxylic acids is 2. The summed E-state index contributed by atoms with van der Waals surface area (Å²) in [5, 5.41) is 5.66. The molecule has 0 saturated carbocycles. The first kappa shape index (κ1) is 16.8. The zero-order valence-corrected chi connectivity index (χ0v) is 14.2. The van der Waals surface area contributed by atoms with Crippen molar-refractivity contribution in [2.75, 3.05) is 6.79 Å². The first-order chi connectivity index (χ1) is 12.0. The summed E-state index contributed by atoms with van der Waals surface area (Å²) in [6, 6.07) is 12.2. The summed E-state index contributed by atoms with van der Waals surface area (Å²) in [6.07, 6.45) is 0. The molecular weight excluding hydrogens is 320 g/mol. The Morgan fingerprint density at radius 1 is 1.00 bits per heavy atom. The molecule has 25 heavy (non-hydrogen) atoms. The number of fused-ring (bicyclic) bond motifs is 1. The number of hydrogen-bond donors (Lipinski definition) is 2. The topological polar surface area (TPSA) is 76.7 Å². The Morgan fingerprint density at radius 3 is 2.48 bits per heavy atom. The third-order valence-electron chi connectivity index (χ3n) is 3.70. The molecule has 0 aromatic heterocycles. The number of ether oxygens (including phenoxy) is 2. The molecule has 2 aromatic carbocycles. The number of carbonyl (C=O) groups is 2. The van der Waals surface area contributed by atoms with Crippen molar-refractivity contribution in [1.29, 1.82) is 0 Å². The summed E-state index contributed by atoms with van der Waals surface area (Å²) < 4.78 is 10.6. The minimum atomic E-state index is -0.239. The Kier molecular flexibility index (Phi) is 4.88. The summed E-state index contributed by atoms with van der Waals surface area (Å²) in [6.45, 7) is 4.36. The van der Waals surface area contributed by atoms with Crippen molar-refractivity contribution in [3.05, 3.63) is 59.2 Å². The van der Waals surface area contributed by atoms with Crippen molar-refractivity contribution in [3.8, 4) is 11.5 Å². The molecule has 1 aliphatic heterocycles. The van der Waals surface area contributed by atoms with Gasteiger partial charge in [0, 0.05) is 23.7 Å². The lowest BCUT2D eigenvalue weighted by Gasteiger charge is -2.10. The Hall–Kier alpha value is -3.02. The predicted octanol–water partition coefficient (Wildman–Crippen LogP) is 2.48. The van der Waals surface area contributed by atoms with Crippen molar-refractivity contribution in [1.82, 2.24) is 10.6 Å². The van der Waals surface area contributed by atoms with E-state index in [9.17, 15) is 9.59 Å². The lowest BCUT2D eigenvalue weighted by molar-refractivity contribution is 0.0943. The van der Waals surface area contributed by atoms with E-state index in [1.807, 2.05) is 32.0 Å². The van der Waals surface area contributed by atoms with Gasteiger partial charge in [-0.05, 0) is 49.7 Å². The van der Waals surface area contributed by atoms with Crippen molar-refractivity contribution < 1.29 is 19.1 Å². The molecule has 0 radical (unpaired) electrons. The highest BCUT2D eigenvalue weighted by Crippen LogP contribution is 2.32. The van der Waals surface area contributed by atoms with Crippen LogP contribution in [-0.4, -0.2) is 24.6 Å². The molecular formula is C19H20N2O4. The van der Waals surface area contributed by atoms with E-state index < -0.39 is 0 Å². The van der Waals surface area contributed by atoms with Gasteiger partial charge < -0.3 is 20.1 Å². The normalized spacial score (nSPS) is 12.1. The smallest absolute Gasteiger partial charge is 0.251 e. The molecule has 6 nitrogen and oxygen atoms in total. The van der Waals surface area contributed by atoms with Crippen molar-refractivity contribution in [2.45, 2.75) is 26.4 Å². The van der Waals surface area contributed by atoms with Gasteiger partial charge in [-0.15, -0.1) is 0 Å². The number of rotatable bonds is 5. The molecule has 0 bridgehead atoms. The third kappa shape index (κ3) is 4.09. The molecule has 2 amide bonds. The van der Waals surface area contributed by atoms with Gasteiger partial charge in [0.05, 0.1) is 0 Å². The van der Waals surface area contributed by atoms with Gasteiger partial charge in [0.2, 0.25) is 6.79 Å². The molecule has 6 heteroatoms. The lowest BCUT2D eigenvalue weighted by atomic mass is 10.1. The van der Waals surface area contributed by atoms with Gasteiger partial charge in [0.1, 0.15) is 0 Å².